The molecule has 4 heteroatoms. The van der Waals surface area contributed by atoms with E-state index in [2.05, 4.69) is 6.92 Å². The van der Waals surface area contributed by atoms with E-state index in [1.54, 1.807) is 0 Å². The van der Waals surface area contributed by atoms with Gasteiger partial charge in [-0.15, -0.1) is 0 Å². The first-order valence-electron chi connectivity index (χ1n) is 8.99. The van der Waals surface area contributed by atoms with Crippen molar-refractivity contribution in [3.05, 3.63) is 0 Å². The van der Waals surface area contributed by atoms with Gasteiger partial charge in [-0.25, -0.2) is 0 Å². The second kappa shape index (κ2) is 23.7. The monoisotopic (exact) mass is 402 g/mol. The van der Waals surface area contributed by atoms with Gasteiger partial charge >= 0.3 is 5.97 Å². The summed E-state index contributed by atoms with van der Waals surface area (Å²) in [5, 5.41) is 8.52. The quantitative estimate of drug-likeness (QED) is 0.307. The molecule has 0 aliphatic heterocycles. The molecule has 0 bridgehead atoms. The van der Waals surface area contributed by atoms with Crippen molar-refractivity contribution >= 4 is 5.97 Å². The molecule has 0 saturated carbocycles. The van der Waals surface area contributed by atoms with E-state index in [1.165, 1.54) is 83.5 Å². The maximum Gasteiger partial charge on any atom is 0.303 e. The van der Waals surface area contributed by atoms with E-state index in [4.69, 9.17) is 5.11 Å². The fourth-order valence-electron chi connectivity index (χ4n) is 2.65. The van der Waals surface area contributed by atoms with Gasteiger partial charge in [-0.05, 0) is 6.42 Å². The van der Waals surface area contributed by atoms with Crippen LogP contribution >= 0.6 is 0 Å². The minimum absolute atomic E-state index is 0. The Hall–Kier alpha value is 0.483. The van der Waals surface area contributed by atoms with Crippen molar-refractivity contribution in [1.29, 1.82) is 0 Å². The summed E-state index contributed by atoms with van der Waals surface area (Å²) in [6.07, 6.45) is 20.2. The van der Waals surface area contributed by atoms with Gasteiger partial charge in [-0.1, -0.05) is 96.8 Å². The minimum Gasteiger partial charge on any atom is -0.481 e. The summed E-state index contributed by atoms with van der Waals surface area (Å²) in [7, 11) is 0. The number of aliphatic carboxylic acids is 1. The van der Waals surface area contributed by atoms with Crippen LogP contribution in [0.15, 0.2) is 0 Å². The van der Waals surface area contributed by atoms with Crippen molar-refractivity contribution in [3.63, 3.8) is 0 Å². The second-order valence-corrected chi connectivity index (χ2v) is 6.09. The van der Waals surface area contributed by atoms with Crippen LogP contribution in [0.2, 0.25) is 0 Å². The van der Waals surface area contributed by atoms with Crippen molar-refractivity contribution in [2.75, 3.05) is 0 Å². The van der Waals surface area contributed by atoms with Crippen LogP contribution < -0.4 is 0 Å². The van der Waals surface area contributed by atoms with Crippen molar-refractivity contribution < 1.29 is 43.5 Å². The Morgan fingerprint density at radius 1 is 0.591 bits per heavy atom. The van der Waals surface area contributed by atoms with Crippen molar-refractivity contribution in [3.8, 4) is 0 Å². The Bertz CT molecular complexity index is 211. The van der Waals surface area contributed by atoms with Gasteiger partial charge in [0.1, 0.15) is 0 Å². The molecular weight excluding hydrogens is 366 g/mol. The first-order valence-corrected chi connectivity index (χ1v) is 8.99. The minimum atomic E-state index is -0.653. The normalized spacial score (nSPS) is 9.86. The van der Waals surface area contributed by atoms with Gasteiger partial charge in [0.05, 0.1) is 0 Å². The Balaban J connectivity index is -0.00000180. The van der Waals surface area contributed by atoms with E-state index < -0.39 is 5.97 Å². The summed E-state index contributed by atoms with van der Waals surface area (Å²) in [5.41, 5.74) is 0. The SMILES string of the molecule is CCCCCCCCCCCCCCCCCC(=O)O.[Co].[Co]. The Morgan fingerprint density at radius 2 is 0.864 bits per heavy atom. The molecule has 0 spiro atoms. The molecule has 22 heavy (non-hydrogen) atoms. The molecule has 138 valence electrons. The number of carbonyl (C=O) groups is 1. The van der Waals surface area contributed by atoms with Gasteiger partial charge in [0.2, 0.25) is 0 Å². The zero-order chi connectivity index (χ0) is 14.9. The summed E-state index contributed by atoms with van der Waals surface area (Å²) in [5.74, 6) is -0.653. The van der Waals surface area contributed by atoms with Gasteiger partial charge in [0.15, 0.2) is 0 Å². The first kappa shape index (κ1) is 27.3. The van der Waals surface area contributed by atoms with E-state index in [0.29, 0.717) is 6.42 Å². The molecule has 0 aliphatic carbocycles. The van der Waals surface area contributed by atoms with Crippen molar-refractivity contribution in [2.24, 2.45) is 0 Å². The van der Waals surface area contributed by atoms with Gasteiger partial charge < -0.3 is 5.11 Å². The van der Waals surface area contributed by atoms with Crippen LogP contribution in [-0.4, -0.2) is 11.1 Å². The molecule has 0 aromatic carbocycles. The standard InChI is InChI=1S/C18H36O2.2Co/c1-2-3-4-5-6-7-8-9-10-11-12-13-14-15-16-17-18(19)20;;/h2-17H2,1H3,(H,19,20);;. The number of carboxylic acid groups (broad SMARTS) is 1. The molecular formula is C18H36Co2O2. The number of hydrogen-bond donors (Lipinski definition) is 1. The third-order valence-electron chi connectivity index (χ3n) is 3.99. The van der Waals surface area contributed by atoms with Crippen LogP contribution in [0.25, 0.3) is 0 Å². The molecule has 2 nitrogen and oxygen atoms in total. The smallest absolute Gasteiger partial charge is 0.303 e. The first-order chi connectivity index (χ1) is 9.77. The van der Waals surface area contributed by atoms with E-state index in [9.17, 15) is 4.79 Å². The molecule has 0 fully saturated rings. The summed E-state index contributed by atoms with van der Waals surface area (Å²) < 4.78 is 0. The third-order valence-corrected chi connectivity index (χ3v) is 3.99. The molecule has 2 radical (unpaired) electrons. The molecule has 0 aromatic heterocycles. The molecule has 0 aromatic rings. The van der Waals surface area contributed by atoms with Crippen LogP contribution in [-0.2, 0) is 38.4 Å². The van der Waals surface area contributed by atoms with E-state index in [-0.39, 0.29) is 33.6 Å². The van der Waals surface area contributed by atoms with Gasteiger partial charge in [-0.2, -0.15) is 0 Å². The molecule has 0 amide bonds. The average Bonchev–Trinajstić information content (AvgIpc) is 2.43. The van der Waals surface area contributed by atoms with E-state index >= 15 is 0 Å². The zero-order valence-electron chi connectivity index (χ0n) is 14.3. The molecule has 0 unspecified atom stereocenters. The predicted octanol–water partition coefficient (Wildman–Crippen LogP) is 6.33. The molecule has 0 saturated heterocycles. The zero-order valence-corrected chi connectivity index (χ0v) is 16.4. The van der Waals surface area contributed by atoms with E-state index in [1.807, 2.05) is 0 Å². The second-order valence-electron chi connectivity index (χ2n) is 6.09. The largest absolute Gasteiger partial charge is 0.481 e. The molecule has 0 rings (SSSR count). The third kappa shape index (κ3) is 25.4. The Kier molecular flexibility index (Phi) is 29.5. The predicted molar refractivity (Wildman–Crippen MR) is 87.2 cm³/mol. The number of hydrogen-bond acceptors (Lipinski definition) is 1. The summed E-state index contributed by atoms with van der Waals surface area (Å²) in [6, 6.07) is 0. The molecule has 0 aliphatic rings. The Morgan fingerprint density at radius 3 is 1.14 bits per heavy atom. The fraction of sp³-hybridized carbons (Fsp3) is 0.944. The van der Waals surface area contributed by atoms with Crippen LogP contribution in [0.4, 0.5) is 0 Å². The van der Waals surface area contributed by atoms with Crippen LogP contribution in [0.1, 0.15) is 110 Å². The van der Waals surface area contributed by atoms with Crippen LogP contribution in [0, 0.1) is 0 Å². The van der Waals surface area contributed by atoms with Crippen molar-refractivity contribution in [1.82, 2.24) is 0 Å². The topological polar surface area (TPSA) is 37.3 Å². The average molecular weight is 402 g/mol. The van der Waals surface area contributed by atoms with Gasteiger partial charge in [0, 0.05) is 40.0 Å². The number of carboxylic acids is 1. The van der Waals surface area contributed by atoms with Gasteiger partial charge in [-0.3, -0.25) is 4.79 Å². The number of rotatable bonds is 16. The van der Waals surface area contributed by atoms with E-state index in [0.717, 1.165) is 12.8 Å². The summed E-state index contributed by atoms with van der Waals surface area (Å²) in [6.45, 7) is 2.27. The maximum absolute atomic E-state index is 10.3. The summed E-state index contributed by atoms with van der Waals surface area (Å²) in [4.78, 5) is 10.3. The fourth-order valence-corrected chi connectivity index (χ4v) is 2.65. The van der Waals surface area contributed by atoms with Crippen LogP contribution in [0.3, 0.4) is 0 Å². The molecule has 1 N–H and O–H groups in total. The Labute approximate surface area is 159 Å². The molecule has 0 atom stereocenters. The van der Waals surface area contributed by atoms with Crippen LogP contribution in [0.5, 0.6) is 0 Å². The van der Waals surface area contributed by atoms with Gasteiger partial charge in [0.25, 0.3) is 0 Å². The van der Waals surface area contributed by atoms with Crippen molar-refractivity contribution in [2.45, 2.75) is 110 Å². The maximum atomic E-state index is 10.3. The molecule has 0 heterocycles. The number of unbranched alkanes of at least 4 members (excludes halogenated alkanes) is 14. The summed E-state index contributed by atoms with van der Waals surface area (Å²) >= 11 is 0.